The molecular formula is C29H33F3N4O6. The van der Waals surface area contributed by atoms with Gasteiger partial charge in [-0.1, -0.05) is 24.3 Å². The van der Waals surface area contributed by atoms with Crippen LogP contribution in [0.4, 0.5) is 23.9 Å². The van der Waals surface area contributed by atoms with Gasteiger partial charge in [-0.05, 0) is 73.7 Å². The molecule has 1 aromatic heterocycles. The quantitative estimate of drug-likeness (QED) is 0.325. The lowest BCUT2D eigenvalue weighted by Gasteiger charge is -2.29. The number of carbonyl (C=O) groups excluding carboxylic acids is 1. The number of hydrogen-bond donors (Lipinski definition) is 1. The number of piperidine rings is 1. The Bertz CT molecular complexity index is 1350. The second-order valence-electron chi connectivity index (χ2n) is 10.6. The van der Waals surface area contributed by atoms with Crippen LogP contribution in [0, 0.1) is 0 Å². The van der Waals surface area contributed by atoms with Crippen molar-refractivity contribution in [1.82, 2.24) is 15.0 Å². The Morgan fingerprint density at radius 3 is 2.24 bits per heavy atom. The van der Waals surface area contributed by atoms with Crippen molar-refractivity contribution in [3.05, 3.63) is 71.1 Å². The Kier molecular flexibility index (Phi) is 9.27. The first-order chi connectivity index (χ1) is 19.9. The fourth-order valence-corrected chi connectivity index (χ4v) is 4.56. The van der Waals surface area contributed by atoms with Gasteiger partial charge in [-0.25, -0.2) is 9.59 Å². The molecule has 1 aliphatic heterocycles. The smallest absolute Gasteiger partial charge is 0.416 e. The van der Waals surface area contributed by atoms with Crippen LogP contribution in [-0.4, -0.2) is 64.6 Å². The summed E-state index contributed by atoms with van der Waals surface area (Å²) < 4.78 is 55.2. The standard InChI is InChI=1S/C29H33F3N4O6/c1-28(2,25(37)38)41-23-10-6-19(7-11-23)12-15-36(18-20-4-8-22(9-5-20)29(30,31)32)26-33-24(42-34-26)21-13-16-35(17-14-21)27(39)40-3/h4-11,21H,12-18H2,1-3H3,(H,37,38). The van der Waals surface area contributed by atoms with Crippen LogP contribution >= 0.6 is 0 Å². The highest BCUT2D eigenvalue weighted by Gasteiger charge is 2.31. The fourth-order valence-electron chi connectivity index (χ4n) is 4.56. The van der Waals surface area contributed by atoms with E-state index in [4.69, 9.17) is 14.0 Å². The molecule has 3 aromatic rings. The predicted octanol–water partition coefficient (Wildman–Crippen LogP) is 5.53. The third-order valence-electron chi connectivity index (χ3n) is 7.13. The van der Waals surface area contributed by atoms with Crippen molar-refractivity contribution in [3.8, 4) is 5.75 Å². The Morgan fingerprint density at radius 1 is 1.05 bits per heavy atom. The molecular weight excluding hydrogens is 557 g/mol. The van der Waals surface area contributed by atoms with E-state index >= 15 is 0 Å². The third kappa shape index (κ3) is 7.71. The van der Waals surface area contributed by atoms with Gasteiger partial charge >= 0.3 is 18.2 Å². The molecule has 0 aliphatic carbocycles. The number of likely N-dealkylation sites (tertiary alicyclic amines) is 1. The largest absolute Gasteiger partial charge is 0.478 e. The number of amides is 1. The van der Waals surface area contributed by atoms with E-state index in [0.29, 0.717) is 62.0 Å². The molecule has 226 valence electrons. The average molecular weight is 591 g/mol. The molecule has 2 aromatic carbocycles. The van der Waals surface area contributed by atoms with Crippen molar-refractivity contribution in [2.24, 2.45) is 0 Å². The van der Waals surface area contributed by atoms with Crippen molar-refractivity contribution in [1.29, 1.82) is 0 Å². The van der Waals surface area contributed by atoms with Crippen LogP contribution < -0.4 is 9.64 Å². The molecule has 0 unspecified atom stereocenters. The van der Waals surface area contributed by atoms with Gasteiger partial charge in [0.2, 0.25) is 5.89 Å². The number of rotatable bonds is 10. The van der Waals surface area contributed by atoms with Gasteiger partial charge in [0.1, 0.15) is 5.75 Å². The van der Waals surface area contributed by atoms with Gasteiger partial charge in [-0.15, -0.1) is 0 Å². The minimum absolute atomic E-state index is 0.0392. The Labute approximate surface area is 241 Å². The van der Waals surface area contributed by atoms with Crippen molar-refractivity contribution in [2.45, 2.75) is 57.3 Å². The van der Waals surface area contributed by atoms with Crippen LogP contribution in [-0.2, 0) is 28.7 Å². The Balaban J connectivity index is 1.48. The molecule has 1 saturated heterocycles. The lowest BCUT2D eigenvalue weighted by Crippen LogP contribution is -2.37. The van der Waals surface area contributed by atoms with Gasteiger partial charge in [-0.2, -0.15) is 18.2 Å². The monoisotopic (exact) mass is 590 g/mol. The molecule has 0 spiro atoms. The molecule has 0 saturated carbocycles. The minimum Gasteiger partial charge on any atom is -0.478 e. The van der Waals surface area contributed by atoms with Crippen molar-refractivity contribution < 1.29 is 41.9 Å². The number of aromatic nitrogens is 2. The average Bonchev–Trinajstić information content (AvgIpc) is 3.45. The summed E-state index contributed by atoms with van der Waals surface area (Å²) in [5.41, 5.74) is -0.551. The number of anilines is 1. The number of carboxylic acids is 1. The minimum atomic E-state index is -4.43. The number of carboxylic acid groups (broad SMARTS) is 1. The Hall–Kier alpha value is -4.29. The summed E-state index contributed by atoms with van der Waals surface area (Å²) in [5, 5.41) is 13.5. The topological polar surface area (TPSA) is 118 Å². The van der Waals surface area contributed by atoms with Crippen LogP contribution in [0.2, 0.25) is 0 Å². The summed E-state index contributed by atoms with van der Waals surface area (Å²) >= 11 is 0. The van der Waals surface area contributed by atoms with Crippen LogP contribution in [0.3, 0.4) is 0 Å². The molecule has 0 atom stereocenters. The maximum atomic E-state index is 13.1. The summed E-state index contributed by atoms with van der Waals surface area (Å²) in [6.07, 6.45) is -3.02. The predicted molar refractivity (Wildman–Crippen MR) is 145 cm³/mol. The highest BCUT2D eigenvalue weighted by atomic mass is 19.4. The fraction of sp³-hybridized carbons (Fsp3) is 0.448. The number of nitrogens with zero attached hydrogens (tertiary/aromatic N) is 4. The highest BCUT2D eigenvalue weighted by Crippen LogP contribution is 2.31. The summed E-state index contributed by atoms with van der Waals surface area (Å²) in [4.78, 5) is 31.2. The zero-order valence-electron chi connectivity index (χ0n) is 23.6. The van der Waals surface area contributed by atoms with Gasteiger partial charge in [-0.3, -0.25) is 0 Å². The number of halogens is 3. The maximum absolute atomic E-state index is 13.1. The molecule has 13 heteroatoms. The van der Waals surface area contributed by atoms with E-state index in [1.54, 1.807) is 17.0 Å². The molecule has 0 bridgehead atoms. The van der Waals surface area contributed by atoms with Gasteiger partial charge < -0.3 is 28.9 Å². The van der Waals surface area contributed by atoms with E-state index < -0.39 is 23.3 Å². The summed E-state index contributed by atoms with van der Waals surface area (Å²) in [5.74, 6) is 0.0356. The molecule has 10 nitrogen and oxygen atoms in total. The molecule has 1 amide bonds. The lowest BCUT2D eigenvalue weighted by molar-refractivity contribution is -0.152. The molecule has 2 heterocycles. The summed E-state index contributed by atoms with van der Waals surface area (Å²) in [7, 11) is 1.34. The van der Waals surface area contributed by atoms with Crippen LogP contribution in [0.1, 0.15) is 55.2 Å². The molecule has 1 N–H and O–H groups in total. The SMILES string of the molecule is COC(=O)N1CCC(c2nc(N(CCc3ccc(OC(C)(C)C(=O)O)cc3)Cc3ccc(C(F)(F)F)cc3)no2)CC1. The van der Waals surface area contributed by atoms with E-state index in [-0.39, 0.29) is 18.6 Å². The molecule has 42 heavy (non-hydrogen) atoms. The molecule has 0 radical (unpaired) electrons. The van der Waals surface area contributed by atoms with Crippen LogP contribution in [0.5, 0.6) is 5.75 Å². The van der Waals surface area contributed by atoms with E-state index in [1.165, 1.54) is 33.1 Å². The first-order valence-corrected chi connectivity index (χ1v) is 13.4. The Morgan fingerprint density at radius 2 is 1.67 bits per heavy atom. The molecule has 4 rings (SSSR count). The third-order valence-corrected chi connectivity index (χ3v) is 7.13. The van der Waals surface area contributed by atoms with Gasteiger partial charge in [0, 0.05) is 32.1 Å². The zero-order chi connectivity index (χ0) is 30.5. The first kappa shape index (κ1) is 30.7. The maximum Gasteiger partial charge on any atom is 0.416 e. The number of methoxy groups -OCH3 is 1. The van der Waals surface area contributed by atoms with Gasteiger partial charge in [0.05, 0.1) is 12.7 Å². The van der Waals surface area contributed by atoms with Gasteiger partial charge in [0.15, 0.2) is 5.60 Å². The number of ether oxygens (including phenoxy) is 2. The zero-order valence-corrected chi connectivity index (χ0v) is 23.6. The first-order valence-electron chi connectivity index (χ1n) is 13.4. The number of hydrogen-bond acceptors (Lipinski definition) is 8. The van der Waals surface area contributed by atoms with Crippen LogP contribution in [0.25, 0.3) is 0 Å². The number of benzene rings is 2. The summed E-state index contributed by atoms with van der Waals surface area (Å²) in [6, 6.07) is 12.0. The number of carbonyl (C=O) groups is 2. The second-order valence-corrected chi connectivity index (χ2v) is 10.6. The lowest BCUT2D eigenvalue weighted by atomic mass is 9.97. The van der Waals surface area contributed by atoms with Crippen molar-refractivity contribution >= 4 is 18.0 Å². The van der Waals surface area contributed by atoms with Crippen molar-refractivity contribution in [3.63, 3.8) is 0 Å². The van der Waals surface area contributed by atoms with E-state index in [0.717, 1.165) is 17.7 Å². The van der Waals surface area contributed by atoms with E-state index in [9.17, 15) is 27.9 Å². The number of aliphatic carboxylic acids is 1. The van der Waals surface area contributed by atoms with E-state index in [1.807, 2.05) is 17.0 Å². The molecule has 1 fully saturated rings. The number of alkyl halides is 3. The summed E-state index contributed by atoms with van der Waals surface area (Å²) in [6.45, 7) is 4.57. The highest BCUT2D eigenvalue weighted by molar-refractivity contribution is 5.76. The normalized spacial score (nSPS) is 14.5. The van der Waals surface area contributed by atoms with E-state index in [2.05, 4.69) is 10.1 Å². The second kappa shape index (κ2) is 12.7. The van der Waals surface area contributed by atoms with Crippen molar-refractivity contribution in [2.75, 3.05) is 31.6 Å². The van der Waals surface area contributed by atoms with Gasteiger partial charge in [0.25, 0.3) is 5.95 Å². The molecule has 1 aliphatic rings. The van der Waals surface area contributed by atoms with Crippen LogP contribution in [0.15, 0.2) is 53.1 Å².